The standard InChI is InChI=1S/C14H29NOS/c1-6-14(4,5)11-7-8-12(15)13(9-11)17(16)10(2)3/h10-13H,6-9,15H2,1-5H3. The zero-order valence-electron chi connectivity index (χ0n) is 12.0. The van der Waals surface area contributed by atoms with Crippen molar-refractivity contribution in [1.29, 1.82) is 0 Å². The van der Waals surface area contributed by atoms with Crippen LogP contribution >= 0.6 is 0 Å². The molecule has 0 aromatic rings. The molecule has 4 atom stereocenters. The zero-order valence-corrected chi connectivity index (χ0v) is 12.8. The Kier molecular flexibility index (Phi) is 5.21. The molecule has 3 heteroatoms. The van der Waals surface area contributed by atoms with Gasteiger partial charge in [-0.05, 0) is 30.6 Å². The number of hydrogen-bond acceptors (Lipinski definition) is 2. The Morgan fingerprint density at radius 2 is 1.94 bits per heavy atom. The predicted octanol–water partition coefficient (Wildman–Crippen LogP) is 3.08. The lowest BCUT2D eigenvalue weighted by molar-refractivity contribution is 0.147. The highest BCUT2D eigenvalue weighted by Gasteiger charge is 2.38. The highest BCUT2D eigenvalue weighted by molar-refractivity contribution is 7.86. The maximum absolute atomic E-state index is 12.3. The first-order valence-electron chi connectivity index (χ1n) is 6.94. The van der Waals surface area contributed by atoms with Crippen LogP contribution in [0.3, 0.4) is 0 Å². The van der Waals surface area contributed by atoms with Crippen molar-refractivity contribution in [3.05, 3.63) is 0 Å². The minimum Gasteiger partial charge on any atom is -0.327 e. The van der Waals surface area contributed by atoms with Gasteiger partial charge in [-0.2, -0.15) is 0 Å². The van der Waals surface area contributed by atoms with Crippen LogP contribution in [-0.4, -0.2) is 20.8 Å². The van der Waals surface area contributed by atoms with Gasteiger partial charge in [0, 0.05) is 22.1 Å². The first-order valence-corrected chi connectivity index (χ1v) is 8.22. The monoisotopic (exact) mass is 259 g/mol. The second kappa shape index (κ2) is 5.83. The smallest absolute Gasteiger partial charge is 0.0504 e. The van der Waals surface area contributed by atoms with E-state index >= 15 is 0 Å². The second-order valence-corrected chi connectivity index (χ2v) is 8.64. The molecular formula is C14H29NOS. The quantitative estimate of drug-likeness (QED) is 0.843. The van der Waals surface area contributed by atoms with Gasteiger partial charge < -0.3 is 5.73 Å². The molecule has 1 aliphatic carbocycles. The van der Waals surface area contributed by atoms with Crippen LogP contribution in [0.15, 0.2) is 0 Å². The Morgan fingerprint density at radius 1 is 1.35 bits per heavy atom. The highest BCUT2D eigenvalue weighted by Crippen LogP contribution is 2.41. The molecular weight excluding hydrogens is 230 g/mol. The lowest BCUT2D eigenvalue weighted by atomic mass is 9.69. The van der Waals surface area contributed by atoms with Crippen LogP contribution in [0.4, 0.5) is 0 Å². The molecule has 0 spiro atoms. The molecule has 0 aliphatic heterocycles. The summed E-state index contributed by atoms with van der Waals surface area (Å²) in [7, 11) is -0.771. The van der Waals surface area contributed by atoms with Gasteiger partial charge in [0.25, 0.3) is 0 Å². The fraction of sp³-hybridized carbons (Fsp3) is 1.00. The Bertz CT molecular complexity index is 275. The molecule has 0 saturated heterocycles. The van der Waals surface area contributed by atoms with Gasteiger partial charge in [-0.15, -0.1) is 0 Å². The average Bonchev–Trinajstić information content (AvgIpc) is 2.28. The van der Waals surface area contributed by atoms with E-state index in [1.54, 1.807) is 0 Å². The van der Waals surface area contributed by atoms with Crippen molar-refractivity contribution in [2.45, 2.75) is 76.8 Å². The average molecular weight is 259 g/mol. The topological polar surface area (TPSA) is 43.1 Å². The summed E-state index contributed by atoms with van der Waals surface area (Å²) in [6.45, 7) is 11.0. The van der Waals surface area contributed by atoms with Crippen LogP contribution in [0.25, 0.3) is 0 Å². The van der Waals surface area contributed by atoms with Gasteiger partial charge >= 0.3 is 0 Å². The normalized spacial score (nSPS) is 32.8. The molecule has 1 saturated carbocycles. The molecule has 0 aromatic carbocycles. The molecule has 0 aromatic heterocycles. The Morgan fingerprint density at radius 3 is 2.41 bits per heavy atom. The third kappa shape index (κ3) is 3.54. The van der Waals surface area contributed by atoms with E-state index in [0.717, 1.165) is 12.8 Å². The molecule has 1 aliphatic rings. The first-order chi connectivity index (χ1) is 7.79. The third-order valence-corrected chi connectivity index (χ3v) is 6.69. The van der Waals surface area contributed by atoms with Gasteiger partial charge in [-0.1, -0.05) is 41.0 Å². The molecule has 4 unspecified atom stereocenters. The van der Waals surface area contributed by atoms with Crippen LogP contribution < -0.4 is 5.73 Å². The van der Waals surface area contributed by atoms with Crippen molar-refractivity contribution >= 4 is 10.8 Å². The summed E-state index contributed by atoms with van der Waals surface area (Å²) in [5.41, 5.74) is 6.53. The lowest BCUT2D eigenvalue weighted by Crippen LogP contribution is -2.47. The largest absolute Gasteiger partial charge is 0.327 e. The fourth-order valence-electron chi connectivity index (χ4n) is 2.77. The Balaban J connectivity index is 2.76. The van der Waals surface area contributed by atoms with Gasteiger partial charge in [0.1, 0.15) is 0 Å². The third-order valence-electron chi connectivity index (χ3n) is 4.62. The van der Waals surface area contributed by atoms with Crippen LogP contribution in [0.5, 0.6) is 0 Å². The van der Waals surface area contributed by atoms with E-state index < -0.39 is 10.8 Å². The summed E-state index contributed by atoms with van der Waals surface area (Å²) in [5.74, 6) is 0.681. The molecule has 17 heavy (non-hydrogen) atoms. The van der Waals surface area contributed by atoms with Crippen molar-refractivity contribution in [2.75, 3.05) is 0 Å². The Hall–Kier alpha value is 0.110. The van der Waals surface area contributed by atoms with Crippen LogP contribution in [0.2, 0.25) is 0 Å². The van der Waals surface area contributed by atoms with Crippen LogP contribution in [0, 0.1) is 11.3 Å². The zero-order chi connectivity index (χ0) is 13.2. The summed E-state index contributed by atoms with van der Waals surface area (Å²) < 4.78 is 12.3. The second-order valence-electron chi connectivity index (χ2n) is 6.43. The van der Waals surface area contributed by atoms with Gasteiger partial charge in [-0.25, -0.2) is 0 Å². The molecule has 0 radical (unpaired) electrons. The highest BCUT2D eigenvalue weighted by atomic mass is 32.2. The number of hydrogen-bond donors (Lipinski definition) is 1. The molecule has 0 heterocycles. The van der Waals surface area contributed by atoms with E-state index in [9.17, 15) is 4.21 Å². The lowest BCUT2D eigenvalue weighted by Gasteiger charge is -2.42. The van der Waals surface area contributed by atoms with E-state index in [-0.39, 0.29) is 16.5 Å². The number of rotatable bonds is 4. The van der Waals surface area contributed by atoms with E-state index in [1.807, 2.05) is 13.8 Å². The molecule has 0 bridgehead atoms. The maximum Gasteiger partial charge on any atom is 0.0504 e. The van der Waals surface area contributed by atoms with Crippen LogP contribution in [0.1, 0.15) is 60.3 Å². The molecule has 2 N–H and O–H groups in total. The van der Waals surface area contributed by atoms with Crippen molar-refractivity contribution in [3.8, 4) is 0 Å². The summed E-state index contributed by atoms with van der Waals surface area (Å²) in [6, 6.07) is 0.141. The van der Waals surface area contributed by atoms with Crippen molar-refractivity contribution in [3.63, 3.8) is 0 Å². The van der Waals surface area contributed by atoms with E-state index in [2.05, 4.69) is 20.8 Å². The van der Waals surface area contributed by atoms with Gasteiger partial charge in [0.2, 0.25) is 0 Å². The van der Waals surface area contributed by atoms with E-state index in [0.29, 0.717) is 11.3 Å². The molecule has 102 valence electrons. The molecule has 1 fully saturated rings. The minimum atomic E-state index is -0.771. The van der Waals surface area contributed by atoms with Gasteiger partial charge in [0.05, 0.1) is 5.25 Å². The van der Waals surface area contributed by atoms with Crippen molar-refractivity contribution < 1.29 is 4.21 Å². The Labute approximate surface area is 109 Å². The molecule has 1 rings (SSSR count). The van der Waals surface area contributed by atoms with Gasteiger partial charge in [-0.3, -0.25) is 4.21 Å². The maximum atomic E-state index is 12.3. The van der Waals surface area contributed by atoms with Crippen molar-refractivity contribution in [2.24, 2.45) is 17.1 Å². The number of nitrogens with two attached hydrogens (primary N) is 1. The van der Waals surface area contributed by atoms with Gasteiger partial charge in [0.15, 0.2) is 0 Å². The minimum absolute atomic E-state index is 0.141. The summed E-state index contributed by atoms with van der Waals surface area (Å²) in [4.78, 5) is 0. The predicted molar refractivity (Wildman–Crippen MR) is 76.5 cm³/mol. The fourth-order valence-corrected chi connectivity index (χ4v) is 4.37. The SMILES string of the molecule is CCC(C)(C)C1CCC(N)C(S(=O)C(C)C)C1. The van der Waals surface area contributed by atoms with E-state index in [1.165, 1.54) is 12.8 Å². The summed E-state index contributed by atoms with van der Waals surface area (Å²) >= 11 is 0. The van der Waals surface area contributed by atoms with E-state index in [4.69, 9.17) is 5.73 Å². The van der Waals surface area contributed by atoms with Crippen LogP contribution in [-0.2, 0) is 10.8 Å². The first kappa shape index (κ1) is 15.2. The summed E-state index contributed by atoms with van der Waals surface area (Å²) in [5, 5.41) is 0.439. The van der Waals surface area contributed by atoms with Crippen molar-refractivity contribution in [1.82, 2.24) is 0 Å². The summed E-state index contributed by atoms with van der Waals surface area (Å²) in [6.07, 6.45) is 4.48. The molecule has 0 amide bonds. The molecule has 2 nitrogen and oxygen atoms in total.